The average molecular weight is 304 g/mol. The van der Waals surface area contributed by atoms with E-state index < -0.39 is 7.37 Å². The quantitative estimate of drug-likeness (QED) is 0.365. The molecule has 0 aromatic rings. The predicted octanol–water partition coefficient (Wildman–Crippen LogP) is 4.10. The van der Waals surface area contributed by atoms with E-state index in [1.54, 1.807) is 6.92 Å². The fourth-order valence-corrected chi connectivity index (χ4v) is 4.69. The molecule has 0 amide bonds. The van der Waals surface area contributed by atoms with Crippen LogP contribution in [-0.2, 0) is 18.6 Å². The number of rotatable bonds is 9. The van der Waals surface area contributed by atoms with Crippen LogP contribution < -0.4 is 0 Å². The van der Waals surface area contributed by atoms with Crippen LogP contribution in [0.1, 0.15) is 41.5 Å². The van der Waals surface area contributed by atoms with E-state index in [4.69, 9.17) is 9.26 Å². The van der Waals surface area contributed by atoms with Crippen molar-refractivity contribution in [3.8, 4) is 0 Å². The molecule has 118 valence electrons. The molecule has 0 spiro atoms. The predicted molar refractivity (Wildman–Crippen MR) is 83.4 cm³/mol. The van der Waals surface area contributed by atoms with E-state index in [1.165, 1.54) is 0 Å². The Morgan fingerprint density at radius 1 is 1.15 bits per heavy atom. The van der Waals surface area contributed by atoms with Gasteiger partial charge in [-0.05, 0) is 25.7 Å². The second-order valence-electron chi connectivity index (χ2n) is 5.62. The molecular formula is C15H29O4P. The van der Waals surface area contributed by atoms with E-state index in [-0.39, 0.29) is 24.0 Å². The molecule has 0 fully saturated rings. The summed E-state index contributed by atoms with van der Waals surface area (Å²) in [6.07, 6.45) is 2.47. The molecule has 0 aliphatic heterocycles. The number of carbonyl (C=O) groups is 1. The molecule has 5 heteroatoms. The highest BCUT2D eigenvalue weighted by Gasteiger charge is 2.28. The van der Waals surface area contributed by atoms with Crippen molar-refractivity contribution in [2.24, 2.45) is 11.8 Å². The van der Waals surface area contributed by atoms with Crippen molar-refractivity contribution in [1.82, 2.24) is 0 Å². The summed E-state index contributed by atoms with van der Waals surface area (Å²) in [7, 11) is -2.83. The molecule has 4 nitrogen and oxygen atoms in total. The zero-order valence-corrected chi connectivity index (χ0v) is 14.5. The van der Waals surface area contributed by atoms with Gasteiger partial charge in [0.25, 0.3) is 0 Å². The van der Waals surface area contributed by atoms with Crippen LogP contribution in [0.15, 0.2) is 11.6 Å². The minimum atomic E-state index is -2.83. The number of ether oxygens (including phenoxy) is 1. The van der Waals surface area contributed by atoms with Crippen LogP contribution in [0.3, 0.4) is 0 Å². The zero-order chi connectivity index (χ0) is 15.8. The Morgan fingerprint density at radius 3 is 2.15 bits per heavy atom. The third kappa shape index (κ3) is 7.86. The summed E-state index contributed by atoms with van der Waals surface area (Å²) in [5.74, 6) is 0.0725. The molecule has 0 heterocycles. The van der Waals surface area contributed by atoms with Gasteiger partial charge in [0.05, 0.1) is 19.4 Å². The van der Waals surface area contributed by atoms with Gasteiger partial charge in [-0.15, -0.1) is 0 Å². The molecule has 20 heavy (non-hydrogen) atoms. The minimum absolute atomic E-state index is 0.163. The van der Waals surface area contributed by atoms with E-state index in [0.29, 0.717) is 24.9 Å². The molecule has 1 atom stereocenters. The lowest BCUT2D eigenvalue weighted by molar-refractivity contribution is -0.138. The van der Waals surface area contributed by atoms with Gasteiger partial charge in [-0.1, -0.05) is 33.8 Å². The van der Waals surface area contributed by atoms with Gasteiger partial charge in [0.15, 0.2) is 0 Å². The first-order valence-corrected chi connectivity index (χ1v) is 9.34. The Kier molecular flexibility index (Phi) is 9.08. The van der Waals surface area contributed by atoms with Crippen LogP contribution in [0.4, 0.5) is 0 Å². The van der Waals surface area contributed by atoms with Crippen LogP contribution in [0.5, 0.6) is 0 Å². The molecule has 0 N–H and O–H groups in total. The lowest BCUT2D eigenvalue weighted by Gasteiger charge is -2.21. The van der Waals surface area contributed by atoms with Crippen LogP contribution in [-0.4, -0.2) is 31.5 Å². The first kappa shape index (κ1) is 19.4. The summed E-state index contributed by atoms with van der Waals surface area (Å²) in [5.41, 5.74) is 0.472. The van der Waals surface area contributed by atoms with Gasteiger partial charge in [0.1, 0.15) is 0 Å². The Labute approximate surface area is 123 Å². The van der Waals surface area contributed by atoms with Crippen molar-refractivity contribution < 1.29 is 18.6 Å². The standard InChI is InChI=1S/C15H29O4P/c1-7-18-15(16)14(9-12(3)4)11-20(17,19-8-2)10-13(5)6/h9,12-13H,7-8,10-11H2,1-6H3/b14-9-. The molecule has 0 aromatic heterocycles. The summed E-state index contributed by atoms with van der Waals surface area (Å²) in [5, 5.41) is 0. The monoisotopic (exact) mass is 304 g/mol. The molecule has 0 radical (unpaired) electrons. The highest BCUT2D eigenvalue weighted by Crippen LogP contribution is 2.50. The summed E-state index contributed by atoms with van der Waals surface area (Å²) in [6.45, 7) is 12.3. The normalized spacial score (nSPS) is 15.5. The maximum atomic E-state index is 12.9. The summed E-state index contributed by atoms with van der Waals surface area (Å²) < 4.78 is 23.4. The Balaban J connectivity index is 5.18. The number of carbonyl (C=O) groups excluding carboxylic acids is 1. The van der Waals surface area contributed by atoms with Crippen LogP contribution >= 0.6 is 7.37 Å². The molecule has 0 saturated carbocycles. The van der Waals surface area contributed by atoms with E-state index >= 15 is 0 Å². The number of allylic oxidation sites excluding steroid dienone is 1. The number of hydrogen-bond donors (Lipinski definition) is 0. The highest BCUT2D eigenvalue weighted by molar-refractivity contribution is 7.59. The maximum Gasteiger partial charge on any atom is 0.334 e. The van der Waals surface area contributed by atoms with Gasteiger partial charge in [-0.3, -0.25) is 4.57 Å². The Hall–Kier alpha value is -0.600. The third-order valence-corrected chi connectivity index (χ3v) is 5.33. The summed E-state index contributed by atoms with van der Waals surface area (Å²) in [6, 6.07) is 0. The first-order valence-electron chi connectivity index (χ1n) is 7.34. The SMILES string of the molecule is CCOC(=O)/C(=C\C(C)C)CP(=O)(CC(C)C)OCC. The van der Waals surface area contributed by atoms with Crippen molar-refractivity contribution in [2.45, 2.75) is 41.5 Å². The molecular weight excluding hydrogens is 275 g/mol. The van der Waals surface area contributed by atoms with Crippen molar-refractivity contribution in [3.05, 3.63) is 11.6 Å². The van der Waals surface area contributed by atoms with Gasteiger partial charge >= 0.3 is 5.97 Å². The molecule has 0 rings (SSSR count). The van der Waals surface area contributed by atoms with E-state index in [2.05, 4.69) is 0 Å². The van der Waals surface area contributed by atoms with Crippen molar-refractivity contribution in [3.63, 3.8) is 0 Å². The fourth-order valence-electron chi connectivity index (χ4n) is 2.03. The fraction of sp³-hybridized carbons (Fsp3) is 0.800. The van der Waals surface area contributed by atoms with Gasteiger partial charge in [0, 0.05) is 11.7 Å². The largest absolute Gasteiger partial charge is 0.463 e. The number of esters is 1. The molecule has 0 aliphatic carbocycles. The molecule has 0 aliphatic rings. The van der Waals surface area contributed by atoms with Gasteiger partial charge in [-0.2, -0.15) is 0 Å². The third-order valence-electron chi connectivity index (χ3n) is 2.49. The highest BCUT2D eigenvalue weighted by atomic mass is 31.2. The van der Waals surface area contributed by atoms with Crippen molar-refractivity contribution >= 4 is 13.3 Å². The van der Waals surface area contributed by atoms with Gasteiger partial charge in [0.2, 0.25) is 7.37 Å². The Morgan fingerprint density at radius 2 is 1.75 bits per heavy atom. The molecule has 1 unspecified atom stereocenters. The second kappa shape index (κ2) is 9.36. The topological polar surface area (TPSA) is 52.6 Å². The maximum absolute atomic E-state index is 12.9. The lowest BCUT2D eigenvalue weighted by Crippen LogP contribution is -2.15. The lowest BCUT2D eigenvalue weighted by atomic mass is 10.1. The van der Waals surface area contributed by atoms with E-state index in [0.717, 1.165) is 0 Å². The molecule has 0 saturated heterocycles. The first-order chi connectivity index (χ1) is 9.24. The second-order valence-corrected chi connectivity index (χ2v) is 8.19. The smallest absolute Gasteiger partial charge is 0.334 e. The molecule has 0 bridgehead atoms. The van der Waals surface area contributed by atoms with E-state index in [1.807, 2.05) is 40.7 Å². The van der Waals surface area contributed by atoms with Crippen LogP contribution in [0.25, 0.3) is 0 Å². The van der Waals surface area contributed by atoms with Gasteiger partial charge < -0.3 is 9.26 Å². The summed E-state index contributed by atoms with van der Waals surface area (Å²) >= 11 is 0. The average Bonchev–Trinajstić information content (AvgIpc) is 2.26. The van der Waals surface area contributed by atoms with Crippen molar-refractivity contribution in [2.75, 3.05) is 25.5 Å². The Bertz CT molecular complexity index is 372. The number of hydrogen-bond acceptors (Lipinski definition) is 4. The minimum Gasteiger partial charge on any atom is -0.463 e. The van der Waals surface area contributed by atoms with E-state index in [9.17, 15) is 9.36 Å². The van der Waals surface area contributed by atoms with Crippen LogP contribution in [0, 0.1) is 11.8 Å². The zero-order valence-electron chi connectivity index (χ0n) is 13.6. The van der Waals surface area contributed by atoms with Crippen LogP contribution in [0.2, 0.25) is 0 Å². The molecule has 0 aromatic carbocycles. The summed E-state index contributed by atoms with van der Waals surface area (Å²) in [4.78, 5) is 12.0. The van der Waals surface area contributed by atoms with Crippen molar-refractivity contribution in [1.29, 1.82) is 0 Å². The van der Waals surface area contributed by atoms with Gasteiger partial charge in [-0.25, -0.2) is 4.79 Å².